The van der Waals surface area contributed by atoms with Gasteiger partial charge in [-0.25, -0.2) is 0 Å². The lowest BCUT2D eigenvalue weighted by atomic mass is 9.98. The molecule has 0 amide bonds. The molecule has 1 fully saturated rings. The van der Waals surface area contributed by atoms with E-state index < -0.39 is 0 Å². The van der Waals surface area contributed by atoms with Crippen molar-refractivity contribution in [2.24, 2.45) is 11.7 Å². The van der Waals surface area contributed by atoms with E-state index in [4.69, 9.17) is 10.3 Å². The van der Waals surface area contributed by atoms with Crippen molar-refractivity contribution in [2.45, 2.75) is 51.1 Å². The van der Waals surface area contributed by atoms with Gasteiger partial charge in [0, 0.05) is 0 Å². The number of hydrogen-bond donors (Lipinski definition) is 1. The lowest BCUT2D eigenvalue weighted by Gasteiger charge is -2.24. The van der Waals surface area contributed by atoms with Gasteiger partial charge in [0.2, 0.25) is 5.89 Å². The molecule has 1 aromatic rings. The Morgan fingerprint density at radius 1 is 1.28 bits per heavy atom. The van der Waals surface area contributed by atoms with Crippen LogP contribution in [0.3, 0.4) is 0 Å². The van der Waals surface area contributed by atoms with Crippen molar-refractivity contribution in [3.05, 3.63) is 11.7 Å². The van der Waals surface area contributed by atoms with E-state index in [0.29, 0.717) is 17.6 Å². The minimum Gasteiger partial charge on any atom is -0.338 e. The average Bonchev–Trinajstić information content (AvgIpc) is 2.87. The largest absolute Gasteiger partial charge is 0.338 e. The van der Waals surface area contributed by atoms with E-state index in [1.165, 1.54) is 0 Å². The first kappa shape index (κ1) is 13.5. The second-order valence-corrected chi connectivity index (χ2v) is 5.97. The van der Waals surface area contributed by atoms with Gasteiger partial charge in [0.15, 0.2) is 5.82 Å². The molecule has 0 saturated heterocycles. The van der Waals surface area contributed by atoms with Crippen molar-refractivity contribution in [1.29, 1.82) is 0 Å². The molecule has 1 saturated carbocycles. The molecular weight excluding hydrogens is 228 g/mol. The lowest BCUT2D eigenvalue weighted by molar-refractivity contribution is 0.181. The Balaban J connectivity index is 2.24. The number of aromatic nitrogens is 2. The predicted octanol–water partition coefficient (Wildman–Crippen LogP) is 2.06. The summed E-state index contributed by atoms with van der Waals surface area (Å²) in [6.07, 6.45) is 4.23. The summed E-state index contributed by atoms with van der Waals surface area (Å²) in [7, 11) is 4.06. The van der Waals surface area contributed by atoms with Gasteiger partial charge in [-0.15, -0.1) is 0 Å². The molecule has 2 N–H and O–H groups in total. The van der Waals surface area contributed by atoms with Crippen LogP contribution in [0, 0.1) is 5.92 Å². The van der Waals surface area contributed by atoms with Crippen LogP contribution in [-0.4, -0.2) is 29.1 Å². The number of hydrogen-bond acceptors (Lipinski definition) is 5. The first-order chi connectivity index (χ1) is 8.44. The summed E-state index contributed by atoms with van der Waals surface area (Å²) in [4.78, 5) is 6.67. The highest BCUT2D eigenvalue weighted by Gasteiger charge is 2.37. The Morgan fingerprint density at radius 3 is 2.39 bits per heavy atom. The minimum atomic E-state index is -0.365. The van der Waals surface area contributed by atoms with Gasteiger partial charge >= 0.3 is 0 Å². The zero-order valence-electron chi connectivity index (χ0n) is 11.8. The summed E-state index contributed by atoms with van der Waals surface area (Å²) in [6, 6.07) is 0.149. The predicted molar refractivity (Wildman–Crippen MR) is 69.9 cm³/mol. The van der Waals surface area contributed by atoms with Gasteiger partial charge in [-0.3, -0.25) is 4.90 Å². The number of nitrogens with two attached hydrogens (primary N) is 1. The maximum absolute atomic E-state index is 6.35. The summed E-state index contributed by atoms with van der Waals surface area (Å²) >= 11 is 0. The van der Waals surface area contributed by atoms with E-state index >= 15 is 0 Å². The quantitative estimate of drug-likeness (QED) is 0.888. The Labute approximate surface area is 109 Å². The van der Waals surface area contributed by atoms with Crippen LogP contribution in [0.4, 0.5) is 0 Å². The highest BCUT2D eigenvalue weighted by atomic mass is 16.5. The normalized spacial score (nSPS) is 20.8. The van der Waals surface area contributed by atoms with E-state index in [1.807, 2.05) is 14.1 Å². The van der Waals surface area contributed by atoms with Crippen LogP contribution in [0.15, 0.2) is 4.52 Å². The molecule has 0 bridgehead atoms. The second kappa shape index (κ2) is 4.97. The molecule has 0 spiro atoms. The molecule has 1 heterocycles. The molecule has 2 rings (SSSR count). The first-order valence-corrected chi connectivity index (χ1v) is 6.73. The van der Waals surface area contributed by atoms with Crippen LogP contribution in [0.1, 0.15) is 57.3 Å². The summed E-state index contributed by atoms with van der Waals surface area (Å²) in [5, 5.41) is 4.12. The minimum absolute atomic E-state index is 0.149. The molecule has 1 atom stereocenters. The Kier molecular flexibility index (Phi) is 3.73. The average molecular weight is 252 g/mol. The summed E-state index contributed by atoms with van der Waals surface area (Å²) < 4.78 is 5.44. The second-order valence-electron chi connectivity index (χ2n) is 5.97. The third-order valence-corrected chi connectivity index (χ3v) is 3.82. The summed E-state index contributed by atoms with van der Waals surface area (Å²) in [6.45, 7) is 4.31. The maximum Gasteiger partial charge on any atom is 0.244 e. The highest BCUT2D eigenvalue weighted by Crippen LogP contribution is 2.35. The van der Waals surface area contributed by atoms with E-state index in [0.717, 1.165) is 25.7 Å². The highest BCUT2D eigenvalue weighted by molar-refractivity contribution is 5.07. The fraction of sp³-hybridized carbons (Fsp3) is 0.846. The van der Waals surface area contributed by atoms with Crippen molar-refractivity contribution < 1.29 is 4.52 Å². The molecule has 5 heteroatoms. The number of rotatable bonds is 4. The fourth-order valence-corrected chi connectivity index (χ4v) is 2.89. The smallest absolute Gasteiger partial charge is 0.244 e. The third-order valence-electron chi connectivity index (χ3n) is 3.82. The van der Waals surface area contributed by atoms with Crippen LogP contribution >= 0.6 is 0 Å². The van der Waals surface area contributed by atoms with Crippen LogP contribution in [-0.2, 0) is 5.54 Å². The molecule has 0 aliphatic heterocycles. The fourth-order valence-electron chi connectivity index (χ4n) is 2.89. The zero-order valence-corrected chi connectivity index (χ0v) is 11.8. The Morgan fingerprint density at radius 2 is 1.89 bits per heavy atom. The zero-order chi connectivity index (χ0) is 13.3. The van der Waals surface area contributed by atoms with Crippen LogP contribution < -0.4 is 5.73 Å². The lowest BCUT2D eigenvalue weighted by Crippen LogP contribution is -2.34. The first-order valence-electron chi connectivity index (χ1n) is 6.73. The molecule has 1 aromatic heterocycles. The molecule has 18 heavy (non-hydrogen) atoms. The summed E-state index contributed by atoms with van der Waals surface area (Å²) in [5.41, 5.74) is 5.98. The van der Waals surface area contributed by atoms with Gasteiger partial charge in [0.05, 0.1) is 11.6 Å². The standard InChI is InChI=1S/C13H24N4O/c1-9(2)10(17(3)4)11-15-12(16-18-11)13(14)7-5-6-8-13/h9-10H,5-8,14H2,1-4H3/t10-/m1/s1. The molecule has 5 nitrogen and oxygen atoms in total. The monoisotopic (exact) mass is 252 g/mol. The summed E-state index contributed by atoms with van der Waals surface area (Å²) in [5.74, 6) is 1.79. The topological polar surface area (TPSA) is 68.2 Å². The van der Waals surface area contributed by atoms with Crippen LogP contribution in [0.5, 0.6) is 0 Å². The Hall–Kier alpha value is -0.940. The van der Waals surface area contributed by atoms with E-state index in [2.05, 4.69) is 28.9 Å². The third kappa shape index (κ3) is 2.42. The van der Waals surface area contributed by atoms with Crippen molar-refractivity contribution in [1.82, 2.24) is 15.0 Å². The van der Waals surface area contributed by atoms with Crippen molar-refractivity contribution in [3.63, 3.8) is 0 Å². The van der Waals surface area contributed by atoms with E-state index in [-0.39, 0.29) is 11.6 Å². The molecule has 1 aliphatic rings. The molecule has 1 aliphatic carbocycles. The Bertz CT molecular complexity index is 385. The van der Waals surface area contributed by atoms with Gasteiger partial charge in [0.25, 0.3) is 0 Å². The molecule has 0 radical (unpaired) electrons. The molecule has 0 aromatic carbocycles. The van der Waals surface area contributed by atoms with Crippen molar-refractivity contribution in [3.8, 4) is 0 Å². The molecule has 0 unspecified atom stereocenters. The van der Waals surface area contributed by atoms with Gasteiger partial charge < -0.3 is 10.3 Å². The molecule has 102 valence electrons. The van der Waals surface area contributed by atoms with E-state index in [1.54, 1.807) is 0 Å². The van der Waals surface area contributed by atoms with Crippen molar-refractivity contribution in [2.75, 3.05) is 14.1 Å². The van der Waals surface area contributed by atoms with Crippen LogP contribution in [0.2, 0.25) is 0 Å². The van der Waals surface area contributed by atoms with Gasteiger partial charge in [-0.1, -0.05) is 31.8 Å². The van der Waals surface area contributed by atoms with Crippen molar-refractivity contribution >= 4 is 0 Å². The van der Waals surface area contributed by atoms with E-state index in [9.17, 15) is 0 Å². The van der Waals surface area contributed by atoms with Gasteiger partial charge in [-0.05, 0) is 32.9 Å². The SMILES string of the molecule is CC(C)[C@H](c1nc(C2(N)CCCC2)no1)N(C)C. The number of nitrogens with zero attached hydrogens (tertiary/aromatic N) is 3. The maximum atomic E-state index is 6.35. The molecular formula is C13H24N4O. The van der Waals surface area contributed by atoms with Gasteiger partial charge in [0.1, 0.15) is 0 Å². The van der Waals surface area contributed by atoms with Crippen LogP contribution in [0.25, 0.3) is 0 Å². The van der Waals surface area contributed by atoms with Gasteiger partial charge in [-0.2, -0.15) is 4.98 Å².